The average Bonchev–Trinajstić information content (AvgIpc) is 2.68. The summed E-state index contributed by atoms with van der Waals surface area (Å²) in [6.45, 7) is 2.50. The molecule has 1 unspecified atom stereocenters. The molecule has 2 saturated heterocycles. The Morgan fingerprint density at radius 3 is 1.97 bits per heavy atom. The molecular weight excluding hydrogens is 505 g/mol. The van der Waals surface area contributed by atoms with Crippen LogP contribution in [0.5, 0.6) is 0 Å². The van der Waals surface area contributed by atoms with E-state index in [4.69, 9.17) is 35.9 Å². The van der Waals surface area contributed by atoms with Crippen LogP contribution in [0.2, 0.25) is 0 Å². The van der Waals surface area contributed by atoms with Crippen molar-refractivity contribution in [2.45, 2.75) is 64.5 Å². The van der Waals surface area contributed by atoms with E-state index in [2.05, 4.69) is 5.32 Å². The fourth-order valence-corrected chi connectivity index (χ4v) is 3.82. The minimum Gasteiger partial charge on any atom is -0.463 e. The topological polar surface area (TPSA) is 147 Å². The number of thiocarbonyl (C=S) groups is 1. The molecule has 0 radical (unpaired) electrons. The van der Waals surface area contributed by atoms with E-state index in [9.17, 15) is 37.1 Å². The first-order valence-corrected chi connectivity index (χ1v) is 10.5. The van der Waals surface area contributed by atoms with Gasteiger partial charge in [0.25, 0.3) is 0 Å². The monoisotopic (exact) mass is 528 g/mol. The third-order valence-corrected chi connectivity index (χ3v) is 5.17. The maximum atomic E-state index is 13.5. The van der Waals surface area contributed by atoms with Crippen molar-refractivity contribution in [3.8, 4) is 0 Å². The minimum atomic E-state index is -4.96. The van der Waals surface area contributed by atoms with Gasteiger partial charge in [-0.2, -0.15) is 13.2 Å². The van der Waals surface area contributed by atoms with Crippen LogP contribution in [0.15, 0.2) is 0 Å². The Hall–Kier alpha value is -3.01. The number of rotatable bonds is 6. The number of hydrogen-bond acceptors (Lipinski definition) is 11. The summed E-state index contributed by atoms with van der Waals surface area (Å²) in [5.74, 6) is -7.68. The Morgan fingerprint density at radius 1 is 0.971 bits per heavy atom. The molecule has 0 saturated carbocycles. The number of ether oxygens (including phenoxy) is 5. The molecule has 0 aromatic heterocycles. The van der Waals surface area contributed by atoms with E-state index in [1.807, 2.05) is 0 Å². The highest BCUT2D eigenvalue weighted by atomic mass is 32.1. The van der Waals surface area contributed by atoms with Crippen LogP contribution in [-0.4, -0.2) is 89.8 Å². The van der Waals surface area contributed by atoms with Gasteiger partial charge >= 0.3 is 30.1 Å². The molecule has 2 aliphatic heterocycles. The van der Waals surface area contributed by atoms with Crippen molar-refractivity contribution >= 4 is 47.1 Å². The van der Waals surface area contributed by atoms with Crippen LogP contribution in [0.3, 0.4) is 0 Å². The van der Waals surface area contributed by atoms with Crippen LogP contribution in [0, 0.1) is 5.92 Å². The van der Waals surface area contributed by atoms with Gasteiger partial charge in [0.15, 0.2) is 35.6 Å². The van der Waals surface area contributed by atoms with Crippen LogP contribution in [0.25, 0.3) is 0 Å². The third kappa shape index (κ3) is 7.00. The second kappa shape index (κ2) is 11.2. The highest BCUT2D eigenvalue weighted by molar-refractivity contribution is 7.80. The van der Waals surface area contributed by atoms with E-state index < -0.39 is 90.8 Å². The Balaban J connectivity index is 2.60. The summed E-state index contributed by atoms with van der Waals surface area (Å²) in [5.41, 5.74) is 0. The van der Waals surface area contributed by atoms with Crippen molar-refractivity contribution in [1.82, 2.24) is 10.2 Å². The zero-order chi connectivity index (χ0) is 26.7. The molecule has 2 fully saturated rings. The SMILES string of the molecule is CC(=O)OC[C@H]1O[C@@H](N2C(=O)C(C(F)(F)F)CNC2=S)[C@H](OC(C)=O)[C@@H](OC(C)=O)[C@@H]1OC(C)=O. The first-order valence-electron chi connectivity index (χ1n) is 10.1. The molecule has 2 aliphatic rings. The summed E-state index contributed by atoms with van der Waals surface area (Å²) >= 11 is 5.03. The first-order chi connectivity index (χ1) is 16.1. The van der Waals surface area contributed by atoms with Gasteiger partial charge in [0.1, 0.15) is 12.7 Å². The number of amides is 1. The van der Waals surface area contributed by atoms with E-state index in [-0.39, 0.29) is 0 Å². The van der Waals surface area contributed by atoms with Gasteiger partial charge in [0.2, 0.25) is 5.91 Å². The number of alkyl halides is 3. The molecule has 2 heterocycles. The smallest absolute Gasteiger partial charge is 0.402 e. The van der Waals surface area contributed by atoms with E-state index in [0.29, 0.717) is 4.90 Å². The second-order valence-corrected chi connectivity index (χ2v) is 7.97. The second-order valence-electron chi connectivity index (χ2n) is 7.58. The number of hydrogen-bond donors (Lipinski definition) is 1. The highest BCUT2D eigenvalue weighted by Gasteiger charge is 2.58. The Kier molecular flexibility index (Phi) is 9.00. The van der Waals surface area contributed by atoms with Gasteiger partial charge in [-0.25, -0.2) is 0 Å². The Bertz CT molecular complexity index is 899. The van der Waals surface area contributed by atoms with Crippen molar-refractivity contribution in [3.63, 3.8) is 0 Å². The lowest BCUT2D eigenvalue weighted by Gasteiger charge is -2.49. The Labute approximate surface area is 202 Å². The Morgan fingerprint density at radius 2 is 1.49 bits per heavy atom. The predicted octanol–water partition coefficient (Wildman–Crippen LogP) is -0.0353. The van der Waals surface area contributed by atoms with Crippen molar-refractivity contribution in [3.05, 3.63) is 0 Å². The van der Waals surface area contributed by atoms with E-state index in [1.54, 1.807) is 0 Å². The highest BCUT2D eigenvalue weighted by Crippen LogP contribution is 2.35. The molecule has 2 rings (SSSR count). The number of halogens is 3. The van der Waals surface area contributed by atoms with Crippen LogP contribution >= 0.6 is 12.2 Å². The lowest BCUT2D eigenvalue weighted by atomic mass is 9.95. The number of nitrogens with zero attached hydrogens (tertiary/aromatic N) is 1. The van der Waals surface area contributed by atoms with Crippen molar-refractivity contribution in [2.75, 3.05) is 13.2 Å². The molecule has 16 heteroatoms. The van der Waals surface area contributed by atoms with Crippen molar-refractivity contribution in [2.24, 2.45) is 5.92 Å². The van der Waals surface area contributed by atoms with Gasteiger partial charge in [-0.1, -0.05) is 0 Å². The fraction of sp³-hybridized carbons (Fsp3) is 0.684. The van der Waals surface area contributed by atoms with E-state index in [0.717, 1.165) is 27.7 Å². The van der Waals surface area contributed by atoms with Gasteiger partial charge in [-0.3, -0.25) is 28.9 Å². The summed E-state index contributed by atoms with van der Waals surface area (Å²) in [5, 5.41) is 1.78. The van der Waals surface area contributed by atoms with Crippen LogP contribution in [0.4, 0.5) is 13.2 Å². The van der Waals surface area contributed by atoms with Crippen LogP contribution < -0.4 is 5.32 Å². The molecule has 1 amide bonds. The molecule has 6 atom stereocenters. The van der Waals surface area contributed by atoms with E-state index in [1.165, 1.54) is 0 Å². The standard InChI is InChI=1S/C19H23F3N2O10S/c1-7(25)30-6-12-13(31-8(2)26)14(32-9(3)27)15(33-10(4)28)17(34-12)24-16(29)11(19(20,21)22)5-23-18(24)35/h11-15,17H,5-6H2,1-4H3,(H,23,35)/t11?,12-,13-,14+,15-,17-/m1/s1. The lowest BCUT2D eigenvalue weighted by Crippen LogP contribution is -2.71. The fourth-order valence-electron chi connectivity index (χ4n) is 3.54. The summed E-state index contributed by atoms with van der Waals surface area (Å²) in [7, 11) is 0. The number of carbonyl (C=O) groups is 5. The first kappa shape index (κ1) is 28.2. The summed E-state index contributed by atoms with van der Waals surface area (Å²) < 4.78 is 66.5. The number of esters is 4. The molecule has 0 aromatic rings. The molecule has 0 aromatic carbocycles. The third-order valence-electron chi connectivity index (χ3n) is 4.83. The lowest BCUT2D eigenvalue weighted by molar-refractivity contribution is -0.272. The van der Waals surface area contributed by atoms with Crippen LogP contribution in [0.1, 0.15) is 27.7 Å². The van der Waals surface area contributed by atoms with Crippen LogP contribution in [-0.2, 0) is 47.7 Å². The molecule has 1 N–H and O–H groups in total. The number of nitrogens with one attached hydrogen (secondary N) is 1. The molecule has 0 bridgehead atoms. The van der Waals surface area contributed by atoms with Gasteiger partial charge in [-0.05, 0) is 12.2 Å². The maximum absolute atomic E-state index is 13.5. The molecular formula is C19H23F3N2O10S. The quantitative estimate of drug-likeness (QED) is 0.280. The van der Waals surface area contributed by atoms with Gasteiger partial charge < -0.3 is 29.0 Å². The zero-order valence-corrected chi connectivity index (χ0v) is 19.8. The largest absolute Gasteiger partial charge is 0.463 e. The normalized spacial score (nSPS) is 29.1. The molecule has 12 nitrogen and oxygen atoms in total. The average molecular weight is 528 g/mol. The van der Waals surface area contributed by atoms with Gasteiger partial charge in [-0.15, -0.1) is 0 Å². The maximum Gasteiger partial charge on any atom is 0.402 e. The van der Waals surface area contributed by atoms with E-state index >= 15 is 0 Å². The molecule has 35 heavy (non-hydrogen) atoms. The van der Waals surface area contributed by atoms with Gasteiger partial charge in [0, 0.05) is 34.2 Å². The summed E-state index contributed by atoms with van der Waals surface area (Å²) in [6.07, 6.45) is -13.3. The number of carbonyl (C=O) groups excluding carboxylic acids is 5. The van der Waals surface area contributed by atoms with Crippen molar-refractivity contribution < 1.29 is 60.8 Å². The molecule has 0 spiro atoms. The van der Waals surface area contributed by atoms with Gasteiger partial charge in [0.05, 0.1) is 0 Å². The summed E-state index contributed by atoms with van der Waals surface area (Å²) in [6, 6.07) is 0. The molecule has 196 valence electrons. The van der Waals surface area contributed by atoms with Crippen molar-refractivity contribution in [1.29, 1.82) is 0 Å². The summed E-state index contributed by atoms with van der Waals surface area (Å²) in [4.78, 5) is 60.1. The predicted molar refractivity (Wildman–Crippen MR) is 109 cm³/mol. The molecule has 0 aliphatic carbocycles. The zero-order valence-electron chi connectivity index (χ0n) is 19.0. The minimum absolute atomic E-state index is 0.409.